The van der Waals surface area contributed by atoms with E-state index in [1.165, 1.54) is 12.1 Å². The fourth-order valence-corrected chi connectivity index (χ4v) is 0.982. The molecule has 0 aliphatic carbocycles. The predicted octanol–water partition coefficient (Wildman–Crippen LogP) is 3.46. The van der Waals surface area contributed by atoms with E-state index in [4.69, 9.17) is 11.6 Å². The highest BCUT2D eigenvalue weighted by Crippen LogP contribution is 2.22. The Balaban J connectivity index is 2.57. The molecule has 0 spiro atoms. The minimum Gasteiger partial charge on any atom is -0.449 e. The normalized spacial score (nSPS) is 11.0. The van der Waals surface area contributed by atoms with Crippen molar-refractivity contribution in [3.05, 3.63) is 29.8 Å². The van der Waals surface area contributed by atoms with E-state index in [0.29, 0.717) is 5.56 Å². The molecule has 3 nitrogen and oxygen atoms in total. The second-order valence-electron chi connectivity index (χ2n) is 2.72. The molecule has 1 rings (SSSR count). The molecule has 0 bridgehead atoms. The molecular formula is C9H6ClF3O3. The number of hydrogen-bond acceptors (Lipinski definition) is 3. The monoisotopic (exact) mass is 254 g/mol. The highest BCUT2D eigenvalue weighted by atomic mass is 35.5. The Labute approximate surface area is 93.7 Å². The third-order valence-corrected chi connectivity index (χ3v) is 1.62. The van der Waals surface area contributed by atoms with Gasteiger partial charge >= 0.3 is 11.8 Å². The first kappa shape index (κ1) is 12.6. The van der Waals surface area contributed by atoms with Gasteiger partial charge in [0.25, 0.3) is 0 Å². The molecule has 0 amide bonds. The molecule has 88 valence electrons. The summed E-state index contributed by atoms with van der Waals surface area (Å²) in [6, 6.07) is 4.90. The van der Waals surface area contributed by atoms with Gasteiger partial charge in [-0.15, -0.1) is 13.2 Å². The van der Waals surface area contributed by atoms with Crippen molar-refractivity contribution in [2.45, 2.75) is 13.0 Å². The summed E-state index contributed by atoms with van der Waals surface area (Å²) in [7, 11) is 0. The minimum absolute atomic E-state index is 0.103. The average Bonchev–Trinajstić information content (AvgIpc) is 2.14. The van der Waals surface area contributed by atoms with E-state index in [1.54, 1.807) is 0 Å². The number of benzene rings is 1. The summed E-state index contributed by atoms with van der Waals surface area (Å²) in [6.45, 7) is -0.103. The Hall–Kier alpha value is -1.43. The molecule has 0 fully saturated rings. The SMILES string of the molecule is O=C(Cl)OCc1ccc(OC(F)(F)F)cc1. The van der Waals surface area contributed by atoms with Crippen LogP contribution in [0.3, 0.4) is 0 Å². The maximum absolute atomic E-state index is 11.8. The van der Waals surface area contributed by atoms with E-state index in [1.807, 2.05) is 0 Å². The van der Waals surface area contributed by atoms with Crippen molar-refractivity contribution in [3.8, 4) is 5.75 Å². The van der Waals surface area contributed by atoms with Crippen molar-refractivity contribution < 1.29 is 27.4 Å². The molecule has 0 saturated carbocycles. The van der Waals surface area contributed by atoms with E-state index in [-0.39, 0.29) is 12.4 Å². The molecule has 16 heavy (non-hydrogen) atoms. The van der Waals surface area contributed by atoms with Gasteiger partial charge in [-0.3, -0.25) is 0 Å². The summed E-state index contributed by atoms with van der Waals surface area (Å²) >= 11 is 4.91. The van der Waals surface area contributed by atoms with Crippen molar-refractivity contribution in [1.82, 2.24) is 0 Å². The topological polar surface area (TPSA) is 35.5 Å². The van der Waals surface area contributed by atoms with Gasteiger partial charge in [0.1, 0.15) is 12.4 Å². The Bertz CT molecular complexity index is 361. The summed E-state index contributed by atoms with van der Waals surface area (Å²) in [6.07, 6.45) is -4.72. The number of ether oxygens (including phenoxy) is 2. The zero-order chi connectivity index (χ0) is 12.2. The fraction of sp³-hybridized carbons (Fsp3) is 0.222. The molecule has 0 aromatic heterocycles. The summed E-state index contributed by atoms with van der Waals surface area (Å²) in [5.74, 6) is -0.339. The fourth-order valence-electron chi connectivity index (χ4n) is 0.927. The predicted molar refractivity (Wildman–Crippen MR) is 49.2 cm³/mol. The van der Waals surface area contributed by atoms with Gasteiger partial charge in [0.2, 0.25) is 0 Å². The van der Waals surface area contributed by atoms with Crippen LogP contribution in [-0.4, -0.2) is 11.8 Å². The van der Waals surface area contributed by atoms with Crippen LogP contribution in [0.2, 0.25) is 0 Å². The first-order chi connectivity index (χ1) is 7.37. The number of rotatable bonds is 3. The summed E-state index contributed by atoms with van der Waals surface area (Å²) < 4.78 is 43.4. The van der Waals surface area contributed by atoms with Gasteiger partial charge in [0, 0.05) is 11.6 Å². The standard InChI is InChI=1S/C9H6ClF3O3/c10-8(14)15-5-6-1-3-7(4-2-6)16-9(11,12)13/h1-4H,5H2. The molecular weight excluding hydrogens is 249 g/mol. The van der Waals surface area contributed by atoms with Crippen molar-refractivity contribution in [1.29, 1.82) is 0 Å². The quantitative estimate of drug-likeness (QED) is 0.775. The molecule has 0 unspecified atom stereocenters. The summed E-state index contributed by atoms with van der Waals surface area (Å²) in [4.78, 5) is 10.2. The maximum atomic E-state index is 11.8. The molecule has 7 heteroatoms. The molecule has 1 aromatic carbocycles. The molecule has 1 aromatic rings. The van der Waals surface area contributed by atoms with Gasteiger partial charge in [-0.1, -0.05) is 12.1 Å². The maximum Gasteiger partial charge on any atom is 0.573 e. The molecule has 0 N–H and O–H groups in total. The van der Waals surface area contributed by atoms with Crippen LogP contribution in [0.1, 0.15) is 5.56 Å². The number of alkyl halides is 3. The van der Waals surface area contributed by atoms with Crippen molar-refractivity contribution in [2.75, 3.05) is 0 Å². The molecule has 0 atom stereocenters. The lowest BCUT2D eigenvalue weighted by Gasteiger charge is -2.09. The number of halogens is 4. The molecule has 0 heterocycles. The zero-order valence-electron chi connectivity index (χ0n) is 7.75. The number of carbonyl (C=O) groups is 1. The van der Waals surface area contributed by atoms with E-state index >= 15 is 0 Å². The highest BCUT2D eigenvalue weighted by molar-refractivity contribution is 6.61. The Morgan fingerprint density at radius 3 is 2.25 bits per heavy atom. The van der Waals surface area contributed by atoms with Crippen LogP contribution in [0.4, 0.5) is 18.0 Å². The van der Waals surface area contributed by atoms with Gasteiger partial charge < -0.3 is 9.47 Å². The van der Waals surface area contributed by atoms with Gasteiger partial charge in [-0.2, -0.15) is 0 Å². The third-order valence-electron chi connectivity index (χ3n) is 1.51. The van der Waals surface area contributed by atoms with Crippen molar-refractivity contribution in [2.24, 2.45) is 0 Å². The van der Waals surface area contributed by atoms with E-state index < -0.39 is 11.8 Å². The van der Waals surface area contributed by atoms with Crippen LogP contribution in [0.25, 0.3) is 0 Å². The number of carbonyl (C=O) groups excluding carboxylic acids is 1. The third kappa shape index (κ3) is 4.88. The Morgan fingerprint density at radius 1 is 1.25 bits per heavy atom. The summed E-state index contributed by atoms with van der Waals surface area (Å²) in [5, 5.41) is 0. The van der Waals surface area contributed by atoms with Crippen LogP contribution in [-0.2, 0) is 11.3 Å². The lowest BCUT2D eigenvalue weighted by atomic mass is 10.2. The van der Waals surface area contributed by atoms with E-state index in [0.717, 1.165) is 12.1 Å². The van der Waals surface area contributed by atoms with Crippen LogP contribution >= 0.6 is 11.6 Å². The second kappa shape index (κ2) is 5.07. The lowest BCUT2D eigenvalue weighted by molar-refractivity contribution is -0.274. The molecule has 0 radical (unpaired) electrons. The Morgan fingerprint density at radius 2 is 1.81 bits per heavy atom. The smallest absolute Gasteiger partial charge is 0.449 e. The number of hydrogen-bond donors (Lipinski definition) is 0. The molecule has 0 saturated heterocycles. The van der Waals surface area contributed by atoms with Gasteiger partial charge in [-0.25, -0.2) is 4.79 Å². The highest BCUT2D eigenvalue weighted by Gasteiger charge is 2.30. The van der Waals surface area contributed by atoms with E-state index in [2.05, 4.69) is 9.47 Å². The zero-order valence-corrected chi connectivity index (χ0v) is 8.51. The van der Waals surface area contributed by atoms with Crippen LogP contribution in [0.5, 0.6) is 5.75 Å². The van der Waals surface area contributed by atoms with Crippen LogP contribution in [0.15, 0.2) is 24.3 Å². The van der Waals surface area contributed by atoms with Crippen molar-refractivity contribution >= 4 is 17.0 Å². The molecule has 0 aliphatic rings. The largest absolute Gasteiger partial charge is 0.573 e. The first-order valence-electron chi connectivity index (χ1n) is 4.04. The summed E-state index contributed by atoms with van der Waals surface area (Å²) in [5.41, 5.74) is -0.473. The van der Waals surface area contributed by atoms with Crippen LogP contribution < -0.4 is 4.74 Å². The lowest BCUT2D eigenvalue weighted by Crippen LogP contribution is -2.17. The van der Waals surface area contributed by atoms with Gasteiger partial charge in [0.15, 0.2) is 0 Å². The van der Waals surface area contributed by atoms with E-state index in [9.17, 15) is 18.0 Å². The Kier molecular flexibility index (Phi) is 4.00. The van der Waals surface area contributed by atoms with Crippen molar-refractivity contribution in [3.63, 3.8) is 0 Å². The minimum atomic E-state index is -4.72. The molecule has 0 aliphatic heterocycles. The van der Waals surface area contributed by atoms with Gasteiger partial charge in [0.05, 0.1) is 0 Å². The average molecular weight is 255 g/mol. The van der Waals surface area contributed by atoms with Crippen LogP contribution in [0, 0.1) is 0 Å². The second-order valence-corrected chi connectivity index (χ2v) is 3.03. The first-order valence-corrected chi connectivity index (χ1v) is 4.41. The van der Waals surface area contributed by atoms with Gasteiger partial charge in [-0.05, 0) is 17.7 Å².